The van der Waals surface area contributed by atoms with E-state index in [1.807, 2.05) is 0 Å². The van der Waals surface area contributed by atoms with E-state index in [0.717, 1.165) is 5.76 Å². The second-order valence-electron chi connectivity index (χ2n) is 4.13. The summed E-state index contributed by atoms with van der Waals surface area (Å²) in [5.74, 6) is 1.58. The van der Waals surface area contributed by atoms with Crippen LogP contribution in [0.15, 0.2) is 44.1 Å². The maximum absolute atomic E-state index is 12.3. The quantitative estimate of drug-likeness (QED) is 0.890. The van der Waals surface area contributed by atoms with Crippen LogP contribution < -0.4 is 9.46 Å². The van der Waals surface area contributed by atoms with Crippen LogP contribution in [0.25, 0.3) is 0 Å². The first-order valence-corrected chi connectivity index (χ1v) is 8.08. The summed E-state index contributed by atoms with van der Waals surface area (Å²) in [6.45, 7) is 1.89. The highest BCUT2D eigenvalue weighted by molar-refractivity contribution is 9.10. The van der Waals surface area contributed by atoms with Crippen LogP contribution in [0.5, 0.6) is 5.75 Å². The lowest BCUT2D eigenvalue weighted by Crippen LogP contribution is -2.23. The van der Waals surface area contributed by atoms with Gasteiger partial charge in [-0.05, 0) is 37.3 Å². The summed E-state index contributed by atoms with van der Waals surface area (Å²) in [5.41, 5.74) is 0. The molecule has 0 saturated carbocycles. The van der Waals surface area contributed by atoms with Crippen LogP contribution in [0.3, 0.4) is 0 Å². The van der Waals surface area contributed by atoms with Gasteiger partial charge in [0.05, 0.1) is 13.7 Å². The molecular formula is C13H14BrNO4S. The van der Waals surface area contributed by atoms with E-state index in [-0.39, 0.29) is 17.2 Å². The smallest absolute Gasteiger partial charge is 0.244 e. The average molecular weight is 360 g/mol. The highest BCUT2D eigenvalue weighted by Gasteiger charge is 2.20. The zero-order valence-electron chi connectivity index (χ0n) is 11.0. The summed E-state index contributed by atoms with van der Waals surface area (Å²) in [6.07, 6.45) is 0. The van der Waals surface area contributed by atoms with Gasteiger partial charge in [0.1, 0.15) is 22.2 Å². The highest BCUT2D eigenvalue weighted by atomic mass is 79.9. The molecule has 20 heavy (non-hydrogen) atoms. The van der Waals surface area contributed by atoms with Gasteiger partial charge in [-0.25, -0.2) is 13.1 Å². The van der Waals surface area contributed by atoms with Crippen molar-refractivity contribution >= 4 is 26.0 Å². The molecule has 1 heterocycles. The molecule has 0 fully saturated rings. The second-order valence-corrected chi connectivity index (χ2v) is 6.78. The molecule has 0 aliphatic heterocycles. The maximum atomic E-state index is 12.3. The van der Waals surface area contributed by atoms with Crippen LogP contribution in [0.2, 0.25) is 0 Å². The summed E-state index contributed by atoms with van der Waals surface area (Å²) in [4.78, 5) is 0.0812. The molecule has 0 atom stereocenters. The van der Waals surface area contributed by atoms with Gasteiger partial charge >= 0.3 is 0 Å². The molecule has 0 unspecified atom stereocenters. The average Bonchev–Trinajstić information content (AvgIpc) is 2.82. The number of benzene rings is 1. The molecule has 1 N–H and O–H groups in total. The Labute approximate surface area is 126 Å². The minimum atomic E-state index is -3.68. The first-order valence-electron chi connectivity index (χ1n) is 5.81. The lowest BCUT2D eigenvalue weighted by Gasteiger charge is -2.10. The molecule has 0 bridgehead atoms. The van der Waals surface area contributed by atoms with E-state index in [4.69, 9.17) is 9.15 Å². The van der Waals surface area contributed by atoms with Crippen LogP contribution in [0.1, 0.15) is 11.5 Å². The molecule has 1 aromatic heterocycles. The third-order valence-corrected chi connectivity index (χ3v) is 4.56. The zero-order chi connectivity index (χ0) is 14.8. The molecule has 1 aromatic carbocycles. The molecule has 0 aliphatic rings. The predicted molar refractivity (Wildman–Crippen MR) is 78.2 cm³/mol. The molecule has 2 rings (SSSR count). The van der Waals surface area contributed by atoms with Gasteiger partial charge in [0.25, 0.3) is 0 Å². The number of rotatable bonds is 5. The van der Waals surface area contributed by atoms with E-state index in [1.54, 1.807) is 31.2 Å². The summed E-state index contributed by atoms with van der Waals surface area (Å²) < 4.78 is 38.1. The van der Waals surface area contributed by atoms with Crippen molar-refractivity contribution in [1.29, 1.82) is 0 Å². The summed E-state index contributed by atoms with van der Waals surface area (Å²) in [6, 6.07) is 8.32. The molecule has 0 aliphatic carbocycles. The van der Waals surface area contributed by atoms with Crippen LogP contribution in [-0.4, -0.2) is 15.5 Å². The fourth-order valence-electron chi connectivity index (χ4n) is 1.68. The van der Waals surface area contributed by atoms with E-state index in [2.05, 4.69) is 20.7 Å². The Hall–Kier alpha value is -1.31. The fraction of sp³-hybridized carbons (Fsp3) is 0.231. The van der Waals surface area contributed by atoms with Crippen molar-refractivity contribution in [2.75, 3.05) is 7.11 Å². The Morgan fingerprint density at radius 3 is 2.65 bits per heavy atom. The van der Waals surface area contributed by atoms with Gasteiger partial charge in [0.2, 0.25) is 10.0 Å². The van der Waals surface area contributed by atoms with Crippen LogP contribution >= 0.6 is 15.9 Å². The van der Waals surface area contributed by atoms with Gasteiger partial charge in [-0.3, -0.25) is 0 Å². The van der Waals surface area contributed by atoms with Crippen molar-refractivity contribution in [2.24, 2.45) is 0 Å². The number of nitrogens with one attached hydrogen (secondary N) is 1. The molecule has 0 amide bonds. The summed E-state index contributed by atoms with van der Waals surface area (Å²) in [7, 11) is -2.25. The van der Waals surface area contributed by atoms with Crippen LogP contribution in [-0.2, 0) is 16.6 Å². The van der Waals surface area contributed by atoms with Crippen molar-refractivity contribution in [3.05, 3.63) is 46.3 Å². The summed E-state index contributed by atoms with van der Waals surface area (Å²) in [5, 5.41) is 0. The molecule has 7 heteroatoms. The largest absolute Gasteiger partial charge is 0.495 e. The number of hydrogen-bond donors (Lipinski definition) is 1. The van der Waals surface area contributed by atoms with Gasteiger partial charge in [-0.1, -0.05) is 15.9 Å². The Morgan fingerprint density at radius 1 is 1.30 bits per heavy atom. The van der Waals surface area contributed by atoms with Crippen molar-refractivity contribution < 1.29 is 17.6 Å². The van der Waals surface area contributed by atoms with Crippen molar-refractivity contribution in [2.45, 2.75) is 18.4 Å². The topological polar surface area (TPSA) is 68.5 Å². The molecule has 5 nitrogen and oxygen atoms in total. The number of ether oxygens (including phenoxy) is 1. The molecule has 0 spiro atoms. The van der Waals surface area contributed by atoms with Crippen molar-refractivity contribution in [3.8, 4) is 5.75 Å². The minimum Gasteiger partial charge on any atom is -0.495 e. The first-order chi connectivity index (χ1) is 9.42. The zero-order valence-corrected chi connectivity index (χ0v) is 13.4. The van der Waals surface area contributed by atoms with E-state index in [1.165, 1.54) is 13.2 Å². The number of sulfonamides is 1. The Balaban J connectivity index is 2.24. The SMILES string of the molecule is COc1ccc(Br)cc1S(=O)(=O)NCc1ccc(C)o1. The fourth-order valence-corrected chi connectivity index (χ4v) is 3.38. The predicted octanol–water partition coefficient (Wildman–Crippen LogP) is 2.84. The van der Waals surface area contributed by atoms with Gasteiger partial charge in [-0.15, -0.1) is 0 Å². The molecule has 108 valence electrons. The molecule has 0 saturated heterocycles. The second kappa shape index (κ2) is 5.99. The molecule has 0 radical (unpaired) electrons. The lowest BCUT2D eigenvalue weighted by molar-refractivity contribution is 0.402. The Kier molecular flexibility index (Phi) is 4.52. The van der Waals surface area contributed by atoms with Gasteiger partial charge < -0.3 is 9.15 Å². The van der Waals surface area contributed by atoms with Gasteiger partial charge in [0, 0.05) is 4.47 Å². The van der Waals surface area contributed by atoms with Crippen LogP contribution in [0, 0.1) is 6.92 Å². The third-order valence-electron chi connectivity index (χ3n) is 2.65. The van der Waals surface area contributed by atoms with Gasteiger partial charge in [-0.2, -0.15) is 0 Å². The van der Waals surface area contributed by atoms with Crippen molar-refractivity contribution in [1.82, 2.24) is 4.72 Å². The third kappa shape index (κ3) is 3.41. The van der Waals surface area contributed by atoms with Crippen LogP contribution in [0.4, 0.5) is 0 Å². The Bertz CT molecular complexity index is 709. The number of furan rings is 1. The number of halogens is 1. The normalized spacial score (nSPS) is 11.6. The first kappa shape index (κ1) is 15.1. The lowest BCUT2D eigenvalue weighted by atomic mass is 10.3. The summed E-state index contributed by atoms with van der Waals surface area (Å²) >= 11 is 3.25. The van der Waals surface area contributed by atoms with E-state index in [0.29, 0.717) is 10.2 Å². The van der Waals surface area contributed by atoms with E-state index >= 15 is 0 Å². The van der Waals surface area contributed by atoms with E-state index in [9.17, 15) is 8.42 Å². The maximum Gasteiger partial charge on any atom is 0.244 e. The molecule has 2 aromatic rings. The number of aryl methyl sites for hydroxylation is 1. The number of methoxy groups -OCH3 is 1. The van der Waals surface area contributed by atoms with Gasteiger partial charge in [0.15, 0.2) is 0 Å². The Morgan fingerprint density at radius 2 is 2.05 bits per heavy atom. The van der Waals surface area contributed by atoms with E-state index < -0.39 is 10.0 Å². The van der Waals surface area contributed by atoms with Crippen molar-refractivity contribution in [3.63, 3.8) is 0 Å². The minimum absolute atomic E-state index is 0.0812. The molecular weight excluding hydrogens is 346 g/mol. The monoisotopic (exact) mass is 359 g/mol. The standard InChI is InChI=1S/C13H14BrNO4S/c1-9-3-5-11(19-9)8-15-20(16,17)13-7-10(14)4-6-12(13)18-2/h3-7,15H,8H2,1-2H3. The number of hydrogen-bond acceptors (Lipinski definition) is 4. The highest BCUT2D eigenvalue weighted by Crippen LogP contribution is 2.27.